The van der Waals surface area contributed by atoms with Gasteiger partial charge in [-0.3, -0.25) is 4.90 Å². The lowest BCUT2D eigenvalue weighted by Gasteiger charge is -2.35. The maximum atomic E-state index is 12.9. The molecule has 0 saturated carbocycles. The van der Waals surface area contributed by atoms with Gasteiger partial charge in [0, 0.05) is 31.7 Å². The summed E-state index contributed by atoms with van der Waals surface area (Å²) in [5, 5.41) is 0. The van der Waals surface area contributed by atoms with Gasteiger partial charge in [-0.25, -0.2) is 13.1 Å². The average molecular weight is 415 g/mol. The van der Waals surface area contributed by atoms with Crippen LogP contribution in [0.25, 0.3) is 0 Å². The van der Waals surface area contributed by atoms with E-state index in [-0.39, 0.29) is 10.9 Å². The van der Waals surface area contributed by atoms with Crippen molar-refractivity contribution in [3.63, 3.8) is 0 Å². The number of ether oxygens (including phenoxy) is 3. The zero-order valence-corrected chi connectivity index (χ0v) is 18.3. The fourth-order valence-electron chi connectivity index (χ4n) is 3.34. The van der Waals surface area contributed by atoms with Crippen molar-refractivity contribution in [1.82, 2.24) is 9.62 Å². The van der Waals surface area contributed by atoms with E-state index in [2.05, 4.69) is 23.5 Å². The quantitative estimate of drug-likeness (QED) is 0.600. The summed E-state index contributed by atoms with van der Waals surface area (Å²) in [6.07, 6.45) is 0.927. The minimum atomic E-state index is -3.65. The Bertz CT molecular complexity index is 703. The number of benzene rings is 1. The van der Waals surface area contributed by atoms with Crippen LogP contribution in [0.2, 0.25) is 0 Å². The van der Waals surface area contributed by atoms with Gasteiger partial charge in [0.1, 0.15) is 0 Å². The van der Waals surface area contributed by atoms with Crippen LogP contribution in [0.1, 0.15) is 34.1 Å². The molecular formula is C20H34N2O5S. The molecule has 0 radical (unpaired) electrons. The summed E-state index contributed by atoms with van der Waals surface area (Å²) in [4.78, 5) is 2.50. The summed E-state index contributed by atoms with van der Waals surface area (Å²) in [6.45, 7) is 12.4. The molecule has 160 valence electrons. The Morgan fingerprint density at radius 2 is 1.75 bits per heavy atom. The Morgan fingerprint density at radius 3 is 2.36 bits per heavy atom. The largest absolute Gasteiger partial charge is 0.490 e. The zero-order chi connectivity index (χ0) is 20.6. The molecule has 1 saturated heterocycles. The highest BCUT2D eigenvalue weighted by atomic mass is 32.2. The molecule has 1 atom stereocenters. The third kappa shape index (κ3) is 6.62. The molecule has 28 heavy (non-hydrogen) atoms. The van der Waals surface area contributed by atoms with Crippen LogP contribution in [0.3, 0.4) is 0 Å². The molecule has 1 unspecified atom stereocenters. The highest BCUT2D eigenvalue weighted by molar-refractivity contribution is 7.89. The topological polar surface area (TPSA) is 77.1 Å². The Morgan fingerprint density at radius 1 is 1.11 bits per heavy atom. The monoisotopic (exact) mass is 414 g/mol. The summed E-state index contributed by atoms with van der Waals surface area (Å²) >= 11 is 0. The highest BCUT2D eigenvalue weighted by Crippen LogP contribution is 2.30. The van der Waals surface area contributed by atoms with E-state index in [0.717, 1.165) is 19.5 Å². The Labute approximate surface area is 169 Å². The highest BCUT2D eigenvalue weighted by Gasteiger charge is 2.25. The summed E-state index contributed by atoms with van der Waals surface area (Å²) in [5.74, 6) is 1.47. The van der Waals surface area contributed by atoms with Gasteiger partial charge in [0.15, 0.2) is 11.5 Å². The maximum Gasteiger partial charge on any atom is 0.240 e. The molecule has 1 aliphatic heterocycles. The second-order valence-electron chi connectivity index (χ2n) is 7.26. The number of sulfonamides is 1. The molecule has 1 aromatic carbocycles. The summed E-state index contributed by atoms with van der Waals surface area (Å²) in [5.41, 5.74) is 0. The van der Waals surface area contributed by atoms with Crippen LogP contribution < -0.4 is 14.2 Å². The second-order valence-corrected chi connectivity index (χ2v) is 9.03. The molecular weight excluding hydrogens is 380 g/mol. The fraction of sp³-hybridized carbons (Fsp3) is 0.700. The van der Waals surface area contributed by atoms with Gasteiger partial charge in [-0.2, -0.15) is 0 Å². The van der Waals surface area contributed by atoms with Crippen molar-refractivity contribution in [3.8, 4) is 11.5 Å². The first-order valence-corrected chi connectivity index (χ1v) is 11.6. The third-order valence-electron chi connectivity index (χ3n) is 4.64. The molecule has 1 fully saturated rings. The van der Waals surface area contributed by atoms with Crippen LogP contribution in [-0.2, 0) is 14.8 Å². The van der Waals surface area contributed by atoms with Crippen molar-refractivity contribution < 1.29 is 22.6 Å². The number of morpholine rings is 1. The normalized spacial score (nSPS) is 16.9. The molecule has 2 rings (SSSR count). The SMILES string of the molecule is CCOc1ccc(S(=O)(=O)NCC(CC(C)C)N2CCOCC2)cc1OCC. The minimum Gasteiger partial charge on any atom is -0.490 e. The van der Waals surface area contributed by atoms with Gasteiger partial charge in [-0.05, 0) is 38.3 Å². The van der Waals surface area contributed by atoms with Crippen LogP contribution in [0.4, 0.5) is 0 Å². The standard InChI is InChI=1S/C20H34N2O5S/c1-5-26-19-8-7-18(14-20(19)27-6-2)28(23,24)21-15-17(13-16(3)4)22-9-11-25-12-10-22/h7-8,14,16-17,21H,5-6,9-13,15H2,1-4H3. The van der Waals surface area contributed by atoms with E-state index in [1.54, 1.807) is 12.1 Å². The number of rotatable bonds is 11. The molecule has 1 aromatic rings. The predicted octanol–water partition coefficient (Wildman–Crippen LogP) is 2.51. The molecule has 1 aliphatic rings. The van der Waals surface area contributed by atoms with Crippen LogP contribution in [0.15, 0.2) is 23.1 Å². The Balaban J connectivity index is 2.13. The van der Waals surface area contributed by atoms with Crippen molar-refractivity contribution >= 4 is 10.0 Å². The van der Waals surface area contributed by atoms with Gasteiger partial charge < -0.3 is 14.2 Å². The number of hydrogen-bond acceptors (Lipinski definition) is 6. The van der Waals surface area contributed by atoms with E-state index in [9.17, 15) is 8.42 Å². The first-order valence-electron chi connectivity index (χ1n) is 10.1. The average Bonchev–Trinajstić information content (AvgIpc) is 2.67. The number of hydrogen-bond donors (Lipinski definition) is 1. The maximum absolute atomic E-state index is 12.9. The molecule has 8 heteroatoms. The molecule has 0 amide bonds. The summed E-state index contributed by atoms with van der Waals surface area (Å²) in [6, 6.07) is 4.88. The second kappa shape index (κ2) is 11.0. The third-order valence-corrected chi connectivity index (χ3v) is 6.06. The molecule has 0 bridgehead atoms. The van der Waals surface area contributed by atoms with Crippen LogP contribution >= 0.6 is 0 Å². The molecule has 1 heterocycles. The summed E-state index contributed by atoms with van der Waals surface area (Å²) < 4.78 is 45.1. The molecule has 0 aliphatic carbocycles. The van der Waals surface area contributed by atoms with Gasteiger partial charge in [0.05, 0.1) is 31.3 Å². The first-order chi connectivity index (χ1) is 13.4. The van der Waals surface area contributed by atoms with Gasteiger partial charge >= 0.3 is 0 Å². The molecule has 0 spiro atoms. The molecule has 7 nitrogen and oxygen atoms in total. The molecule has 0 aromatic heterocycles. The van der Waals surface area contributed by atoms with E-state index in [1.165, 1.54) is 6.07 Å². The molecule has 1 N–H and O–H groups in total. The van der Waals surface area contributed by atoms with Crippen LogP contribution in [-0.4, -0.2) is 65.4 Å². The lowest BCUT2D eigenvalue weighted by Crippen LogP contribution is -2.49. The lowest BCUT2D eigenvalue weighted by atomic mass is 10.0. The van der Waals surface area contributed by atoms with E-state index in [1.807, 2.05) is 13.8 Å². The van der Waals surface area contributed by atoms with E-state index < -0.39 is 10.0 Å². The summed E-state index contributed by atoms with van der Waals surface area (Å²) in [7, 11) is -3.65. The van der Waals surface area contributed by atoms with Crippen molar-refractivity contribution in [3.05, 3.63) is 18.2 Å². The zero-order valence-electron chi connectivity index (χ0n) is 17.4. The van der Waals surface area contributed by atoms with Crippen molar-refractivity contribution in [2.75, 3.05) is 46.1 Å². The van der Waals surface area contributed by atoms with E-state index in [0.29, 0.717) is 50.4 Å². The van der Waals surface area contributed by atoms with Gasteiger partial charge in [0.25, 0.3) is 0 Å². The van der Waals surface area contributed by atoms with E-state index >= 15 is 0 Å². The fourth-order valence-corrected chi connectivity index (χ4v) is 4.42. The Hall–Kier alpha value is -1.35. The van der Waals surface area contributed by atoms with Crippen LogP contribution in [0, 0.1) is 5.92 Å². The smallest absolute Gasteiger partial charge is 0.240 e. The predicted molar refractivity (Wildman–Crippen MR) is 110 cm³/mol. The van der Waals surface area contributed by atoms with Crippen molar-refractivity contribution in [2.45, 2.75) is 45.1 Å². The number of nitrogens with zero attached hydrogens (tertiary/aromatic N) is 1. The van der Waals surface area contributed by atoms with E-state index in [4.69, 9.17) is 14.2 Å². The Kier molecular flexibility index (Phi) is 9.01. The van der Waals surface area contributed by atoms with Gasteiger partial charge in [0.2, 0.25) is 10.0 Å². The lowest BCUT2D eigenvalue weighted by molar-refractivity contribution is 0.0134. The van der Waals surface area contributed by atoms with Gasteiger partial charge in [-0.1, -0.05) is 13.8 Å². The van der Waals surface area contributed by atoms with Crippen LogP contribution in [0.5, 0.6) is 11.5 Å². The van der Waals surface area contributed by atoms with Gasteiger partial charge in [-0.15, -0.1) is 0 Å². The number of nitrogens with one attached hydrogen (secondary N) is 1. The van der Waals surface area contributed by atoms with Crippen molar-refractivity contribution in [1.29, 1.82) is 0 Å². The minimum absolute atomic E-state index is 0.146. The van der Waals surface area contributed by atoms with Crippen molar-refractivity contribution in [2.24, 2.45) is 5.92 Å². The first kappa shape index (κ1) is 22.9.